The van der Waals surface area contributed by atoms with E-state index in [0.29, 0.717) is 18.8 Å². The summed E-state index contributed by atoms with van der Waals surface area (Å²) in [6, 6.07) is 15.0. The Morgan fingerprint density at radius 2 is 1.81 bits per heavy atom. The Labute approximate surface area is 160 Å². The molecule has 0 saturated carbocycles. The highest BCUT2D eigenvalue weighted by Gasteiger charge is 2.29. The molecule has 0 aromatic heterocycles. The number of rotatable bonds is 3. The van der Waals surface area contributed by atoms with Crippen LogP contribution < -0.4 is 14.4 Å². The Morgan fingerprint density at radius 3 is 2.56 bits per heavy atom. The molecule has 4 rings (SSSR count). The van der Waals surface area contributed by atoms with Crippen molar-refractivity contribution in [3.05, 3.63) is 54.1 Å². The highest BCUT2D eigenvalue weighted by molar-refractivity contribution is 7.89. The van der Waals surface area contributed by atoms with Crippen molar-refractivity contribution in [2.24, 2.45) is 0 Å². The number of nitrogens with zero attached hydrogens (tertiary/aromatic N) is 2. The van der Waals surface area contributed by atoms with Crippen molar-refractivity contribution in [2.45, 2.75) is 17.4 Å². The molecule has 27 heavy (non-hydrogen) atoms. The Balaban J connectivity index is 1.55. The summed E-state index contributed by atoms with van der Waals surface area (Å²) < 4.78 is 34.4. The summed E-state index contributed by atoms with van der Waals surface area (Å²) in [6.45, 7) is 4.16. The zero-order chi connectivity index (χ0) is 18.9. The summed E-state index contributed by atoms with van der Waals surface area (Å²) in [4.78, 5) is 4.78. The van der Waals surface area contributed by atoms with Gasteiger partial charge in [0.15, 0.2) is 0 Å². The minimum absolute atomic E-state index is 0.218. The van der Waals surface area contributed by atoms with Gasteiger partial charge in [-0.25, -0.2) is 13.1 Å². The highest BCUT2D eigenvalue weighted by Crippen LogP contribution is 2.32. The third kappa shape index (κ3) is 4.10. The van der Waals surface area contributed by atoms with Gasteiger partial charge >= 0.3 is 0 Å². The number of fused-ring (bicyclic) bond motifs is 1. The molecule has 0 amide bonds. The van der Waals surface area contributed by atoms with Crippen LogP contribution in [0.5, 0.6) is 5.75 Å². The Hall–Kier alpha value is -2.09. The monoisotopic (exact) mass is 387 g/mol. The number of likely N-dealkylation sites (N-methyl/N-ethyl adjacent to an activating group) is 1. The van der Waals surface area contributed by atoms with Crippen LogP contribution in [0.15, 0.2) is 53.4 Å². The van der Waals surface area contributed by atoms with E-state index in [1.807, 2.05) is 42.5 Å². The lowest BCUT2D eigenvalue weighted by molar-refractivity contribution is 0.279. The van der Waals surface area contributed by atoms with Crippen LogP contribution in [0.4, 0.5) is 5.69 Å². The first-order chi connectivity index (χ1) is 13.0. The van der Waals surface area contributed by atoms with Crippen LogP contribution in [0.3, 0.4) is 0 Å². The maximum atomic E-state index is 12.8. The van der Waals surface area contributed by atoms with Crippen molar-refractivity contribution in [2.75, 3.05) is 44.7 Å². The van der Waals surface area contributed by atoms with Crippen LogP contribution in [-0.4, -0.2) is 59.2 Å². The number of nitrogens with one attached hydrogen (secondary N) is 1. The van der Waals surface area contributed by atoms with E-state index in [0.717, 1.165) is 37.4 Å². The van der Waals surface area contributed by atoms with E-state index >= 15 is 0 Å². The largest absolute Gasteiger partial charge is 0.490 e. The van der Waals surface area contributed by atoms with Crippen LogP contribution in [0.1, 0.15) is 5.56 Å². The van der Waals surface area contributed by atoms with Gasteiger partial charge in [-0.3, -0.25) is 0 Å². The third-order valence-electron chi connectivity index (χ3n) is 5.17. The zero-order valence-electron chi connectivity index (χ0n) is 15.5. The van der Waals surface area contributed by atoms with Crippen LogP contribution in [0, 0.1) is 0 Å². The van der Waals surface area contributed by atoms with Crippen LogP contribution >= 0.6 is 0 Å². The first-order valence-electron chi connectivity index (χ1n) is 9.28. The third-order valence-corrected chi connectivity index (χ3v) is 6.73. The predicted octanol–water partition coefficient (Wildman–Crippen LogP) is 1.72. The number of hydrogen-bond donors (Lipinski definition) is 1. The smallest absolute Gasteiger partial charge is 0.244 e. The molecule has 144 valence electrons. The summed E-state index contributed by atoms with van der Waals surface area (Å²) in [5.41, 5.74) is 2.09. The molecule has 1 fully saturated rings. The van der Waals surface area contributed by atoms with E-state index in [1.54, 1.807) is 6.07 Å². The van der Waals surface area contributed by atoms with E-state index in [1.165, 1.54) is 0 Å². The average Bonchev–Trinajstić information content (AvgIpc) is 2.79. The Morgan fingerprint density at radius 1 is 1.07 bits per heavy atom. The first kappa shape index (κ1) is 18.3. The van der Waals surface area contributed by atoms with Gasteiger partial charge in [-0.1, -0.05) is 30.3 Å². The lowest BCUT2D eigenvalue weighted by Crippen LogP contribution is -2.44. The zero-order valence-corrected chi connectivity index (χ0v) is 16.3. The molecule has 0 radical (unpaired) electrons. The molecule has 2 aliphatic rings. The summed E-state index contributed by atoms with van der Waals surface area (Å²) >= 11 is 0. The molecule has 2 aromatic carbocycles. The van der Waals surface area contributed by atoms with Crippen molar-refractivity contribution < 1.29 is 13.2 Å². The van der Waals surface area contributed by atoms with Gasteiger partial charge in [0.05, 0.1) is 6.04 Å². The fraction of sp³-hybridized carbons (Fsp3) is 0.400. The molecular formula is C20H25N3O3S. The van der Waals surface area contributed by atoms with E-state index in [2.05, 4.69) is 21.6 Å². The average molecular weight is 388 g/mol. The molecule has 2 aromatic rings. The van der Waals surface area contributed by atoms with Crippen molar-refractivity contribution in [3.63, 3.8) is 0 Å². The van der Waals surface area contributed by atoms with Crippen molar-refractivity contribution in [3.8, 4) is 5.75 Å². The van der Waals surface area contributed by atoms with E-state index < -0.39 is 10.0 Å². The molecule has 2 aliphatic heterocycles. The van der Waals surface area contributed by atoms with Crippen LogP contribution in [0.2, 0.25) is 0 Å². The molecule has 6 nitrogen and oxygen atoms in total. The van der Waals surface area contributed by atoms with E-state index in [9.17, 15) is 8.42 Å². The minimum Gasteiger partial charge on any atom is -0.490 e. The van der Waals surface area contributed by atoms with Gasteiger partial charge in [0.1, 0.15) is 17.3 Å². The van der Waals surface area contributed by atoms with Crippen molar-refractivity contribution >= 4 is 15.7 Å². The fourth-order valence-electron chi connectivity index (χ4n) is 3.60. The summed E-state index contributed by atoms with van der Waals surface area (Å²) in [6.07, 6.45) is 0.597. The SMILES string of the molecule is CN1CCN(c2ccc3c(c2)OC[C@@H](Cc2ccccc2)NS3(=O)=O)CC1. The lowest BCUT2D eigenvalue weighted by Gasteiger charge is -2.34. The number of sulfonamides is 1. The molecule has 0 unspecified atom stereocenters. The van der Waals surface area contributed by atoms with Gasteiger partial charge in [0.2, 0.25) is 10.0 Å². The second-order valence-corrected chi connectivity index (χ2v) is 8.92. The van der Waals surface area contributed by atoms with Gasteiger partial charge in [0, 0.05) is 37.9 Å². The minimum atomic E-state index is -3.61. The van der Waals surface area contributed by atoms with Gasteiger partial charge in [-0.15, -0.1) is 0 Å². The number of hydrogen-bond acceptors (Lipinski definition) is 5. The normalized spacial score (nSPS) is 22.6. The van der Waals surface area contributed by atoms with Crippen molar-refractivity contribution in [1.29, 1.82) is 0 Å². The lowest BCUT2D eigenvalue weighted by atomic mass is 10.1. The van der Waals surface area contributed by atoms with Gasteiger partial charge < -0.3 is 14.5 Å². The first-order valence-corrected chi connectivity index (χ1v) is 10.8. The number of anilines is 1. The second kappa shape index (κ2) is 7.50. The standard InChI is InChI=1S/C20H25N3O3S/c1-22-9-11-23(12-10-22)18-7-8-20-19(14-18)26-15-17(21-27(20,24)25)13-16-5-3-2-4-6-16/h2-8,14,17,21H,9-13,15H2,1H3/t17-/m1/s1. The number of benzene rings is 2. The Bertz CT molecular complexity index is 894. The maximum Gasteiger partial charge on any atom is 0.244 e. The summed E-state index contributed by atoms with van der Waals surface area (Å²) in [5.74, 6) is 0.439. The van der Waals surface area contributed by atoms with Crippen molar-refractivity contribution in [1.82, 2.24) is 9.62 Å². The maximum absolute atomic E-state index is 12.8. The van der Waals surface area contributed by atoms with E-state index in [4.69, 9.17) is 4.74 Å². The fourth-order valence-corrected chi connectivity index (χ4v) is 4.95. The summed E-state index contributed by atoms with van der Waals surface area (Å²) in [5, 5.41) is 0. The predicted molar refractivity (Wildman–Crippen MR) is 106 cm³/mol. The quantitative estimate of drug-likeness (QED) is 0.869. The highest BCUT2D eigenvalue weighted by atomic mass is 32.2. The molecule has 1 saturated heterocycles. The molecular weight excluding hydrogens is 362 g/mol. The van der Waals surface area contributed by atoms with Crippen LogP contribution in [-0.2, 0) is 16.4 Å². The van der Waals surface area contributed by atoms with Gasteiger partial charge in [-0.05, 0) is 31.2 Å². The molecule has 7 heteroatoms. The van der Waals surface area contributed by atoms with E-state index in [-0.39, 0.29) is 10.9 Å². The summed E-state index contributed by atoms with van der Waals surface area (Å²) in [7, 11) is -1.49. The number of piperazine rings is 1. The number of ether oxygens (including phenoxy) is 1. The van der Waals surface area contributed by atoms with Crippen LogP contribution in [0.25, 0.3) is 0 Å². The van der Waals surface area contributed by atoms with Gasteiger partial charge in [-0.2, -0.15) is 0 Å². The molecule has 0 aliphatic carbocycles. The topological polar surface area (TPSA) is 61.9 Å². The second-order valence-electron chi connectivity index (χ2n) is 7.24. The molecule has 2 heterocycles. The molecule has 0 spiro atoms. The molecule has 1 atom stereocenters. The molecule has 0 bridgehead atoms. The van der Waals surface area contributed by atoms with Gasteiger partial charge in [0.25, 0.3) is 0 Å². The Kier molecular flexibility index (Phi) is 5.08. The molecule has 1 N–H and O–H groups in total.